The Kier molecular flexibility index (Phi) is 11.8. The van der Waals surface area contributed by atoms with Gasteiger partial charge in [-0.05, 0) is 48.5 Å². The van der Waals surface area contributed by atoms with E-state index in [2.05, 4.69) is 19.7 Å². The van der Waals surface area contributed by atoms with E-state index in [1.165, 1.54) is 55.6 Å². The summed E-state index contributed by atoms with van der Waals surface area (Å²) in [6.45, 7) is 19.1. The van der Waals surface area contributed by atoms with Gasteiger partial charge in [-0.2, -0.15) is 0 Å². The lowest BCUT2D eigenvalue weighted by Gasteiger charge is -2.38. The molecule has 0 aliphatic heterocycles. The standard InChI is InChI=1S/C26H38O10/c1-16(2)19(27)33-12-26(13-34-20(28)17(3)4,14-35-21(29)18(5)6)15-36-23(31)25(9,10)24(7,8)22(30)32-11/h1,3,5,12-15H2,2,4,6-11H3. The van der Waals surface area contributed by atoms with Crippen LogP contribution in [0.25, 0.3) is 0 Å². The molecule has 0 aromatic carbocycles. The molecule has 0 saturated heterocycles. The molecule has 0 amide bonds. The van der Waals surface area contributed by atoms with E-state index in [1.54, 1.807) is 0 Å². The number of carbonyl (C=O) groups excluding carboxylic acids is 5. The molecule has 0 N–H and O–H groups in total. The van der Waals surface area contributed by atoms with Crippen molar-refractivity contribution in [2.24, 2.45) is 16.2 Å². The number of esters is 5. The van der Waals surface area contributed by atoms with Gasteiger partial charge in [0.2, 0.25) is 0 Å². The smallest absolute Gasteiger partial charge is 0.333 e. The zero-order valence-corrected chi connectivity index (χ0v) is 22.5. The van der Waals surface area contributed by atoms with E-state index in [0.717, 1.165) is 0 Å². The minimum Gasteiger partial charge on any atom is -0.469 e. The molecule has 0 aromatic heterocycles. The minimum absolute atomic E-state index is 0.0970. The van der Waals surface area contributed by atoms with Gasteiger partial charge in [0.25, 0.3) is 0 Å². The predicted molar refractivity (Wildman–Crippen MR) is 130 cm³/mol. The second-order valence-electron chi connectivity index (χ2n) is 9.89. The first-order chi connectivity index (χ1) is 16.3. The molecule has 0 heterocycles. The highest BCUT2D eigenvalue weighted by atomic mass is 16.6. The van der Waals surface area contributed by atoms with Crippen molar-refractivity contribution in [3.63, 3.8) is 0 Å². The van der Waals surface area contributed by atoms with E-state index in [4.69, 9.17) is 23.7 Å². The Labute approximate surface area is 212 Å². The predicted octanol–water partition coefficient (Wildman–Crippen LogP) is 3.10. The molecule has 0 atom stereocenters. The fraction of sp³-hybridized carbons (Fsp3) is 0.577. The average molecular weight is 511 g/mol. The highest BCUT2D eigenvalue weighted by Gasteiger charge is 2.51. The molecule has 0 unspecified atom stereocenters. The lowest BCUT2D eigenvalue weighted by molar-refractivity contribution is -0.182. The summed E-state index contributed by atoms with van der Waals surface area (Å²) in [7, 11) is 1.21. The van der Waals surface area contributed by atoms with Crippen LogP contribution in [0.3, 0.4) is 0 Å². The average Bonchev–Trinajstić information content (AvgIpc) is 2.80. The van der Waals surface area contributed by atoms with Gasteiger partial charge >= 0.3 is 29.8 Å². The molecule has 0 aromatic rings. The number of methoxy groups -OCH3 is 1. The van der Waals surface area contributed by atoms with Gasteiger partial charge in [0.05, 0.1) is 17.9 Å². The van der Waals surface area contributed by atoms with E-state index >= 15 is 0 Å². The van der Waals surface area contributed by atoms with Crippen molar-refractivity contribution >= 4 is 29.8 Å². The fourth-order valence-electron chi connectivity index (χ4n) is 2.44. The molecule has 0 bridgehead atoms. The summed E-state index contributed by atoms with van der Waals surface area (Å²) in [6.07, 6.45) is 0. The van der Waals surface area contributed by atoms with Crippen LogP contribution in [0.2, 0.25) is 0 Å². The molecule has 0 radical (unpaired) electrons. The molecule has 0 rings (SSSR count). The van der Waals surface area contributed by atoms with Gasteiger partial charge in [-0.1, -0.05) is 19.7 Å². The summed E-state index contributed by atoms with van der Waals surface area (Å²) in [6, 6.07) is 0. The monoisotopic (exact) mass is 510 g/mol. The second-order valence-corrected chi connectivity index (χ2v) is 9.89. The van der Waals surface area contributed by atoms with Crippen molar-refractivity contribution in [2.75, 3.05) is 33.5 Å². The molecule has 10 nitrogen and oxygen atoms in total. The maximum Gasteiger partial charge on any atom is 0.333 e. The van der Waals surface area contributed by atoms with Gasteiger partial charge in [0.15, 0.2) is 0 Å². The van der Waals surface area contributed by atoms with Crippen LogP contribution >= 0.6 is 0 Å². The Bertz CT molecular complexity index is 849. The largest absolute Gasteiger partial charge is 0.469 e. The van der Waals surface area contributed by atoms with E-state index < -0.39 is 72.5 Å². The lowest BCUT2D eigenvalue weighted by atomic mass is 9.68. The van der Waals surface area contributed by atoms with Gasteiger partial charge in [-0.3, -0.25) is 9.59 Å². The quantitative estimate of drug-likeness (QED) is 0.195. The summed E-state index contributed by atoms with van der Waals surface area (Å²) < 4.78 is 26.2. The third-order valence-electron chi connectivity index (χ3n) is 5.85. The van der Waals surface area contributed by atoms with Gasteiger partial charge in [0, 0.05) is 16.7 Å². The normalized spacial score (nSPS) is 11.6. The fourth-order valence-corrected chi connectivity index (χ4v) is 2.44. The highest BCUT2D eigenvalue weighted by Crippen LogP contribution is 2.41. The first kappa shape index (κ1) is 32.6. The van der Waals surface area contributed by atoms with Crippen LogP contribution in [0.5, 0.6) is 0 Å². The number of rotatable bonds is 14. The van der Waals surface area contributed by atoms with E-state index in [1.807, 2.05) is 0 Å². The molecule has 0 aliphatic rings. The lowest BCUT2D eigenvalue weighted by Crippen LogP contribution is -2.49. The SMILES string of the molecule is C=C(C)C(=O)OCC(COC(=O)C(=C)C)(COC(=O)C(=C)C)COC(=O)C(C)(C)C(C)(C)C(=O)OC. The molecule has 10 heteroatoms. The molecule has 0 fully saturated rings. The van der Waals surface area contributed by atoms with Gasteiger partial charge in [-0.25, -0.2) is 14.4 Å². The van der Waals surface area contributed by atoms with Gasteiger partial charge < -0.3 is 23.7 Å². The zero-order chi connectivity index (χ0) is 28.5. The third kappa shape index (κ3) is 8.66. The van der Waals surface area contributed by atoms with E-state index in [-0.39, 0.29) is 16.7 Å². The maximum atomic E-state index is 13.1. The summed E-state index contributed by atoms with van der Waals surface area (Å²) in [5, 5.41) is 0. The zero-order valence-electron chi connectivity index (χ0n) is 22.5. The number of hydrogen-bond acceptors (Lipinski definition) is 10. The van der Waals surface area contributed by atoms with Crippen LogP contribution in [0.4, 0.5) is 0 Å². The first-order valence-electron chi connectivity index (χ1n) is 11.1. The van der Waals surface area contributed by atoms with Crippen LogP contribution in [-0.4, -0.2) is 63.4 Å². The van der Waals surface area contributed by atoms with Crippen LogP contribution in [0.15, 0.2) is 36.5 Å². The Morgan fingerprint density at radius 1 is 0.556 bits per heavy atom. The van der Waals surface area contributed by atoms with Crippen LogP contribution in [-0.2, 0) is 47.7 Å². The maximum absolute atomic E-state index is 13.1. The summed E-state index contributed by atoms with van der Waals surface area (Å²) >= 11 is 0. The Morgan fingerprint density at radius 2 is 0.833 bits per heavy atom. The van der Waals surface area contributed by atoms with Crippen molar-refractivity contribution in [1.82, 2.24) is 0 Å². The van der Waals surface area contributed by atoms with Crippen LogP contribution in [0.1, 0.15) is 48.5 Å². The molecule has 0 aliphatic carbocycles. The van der Waals surface area contributed by atoms with Crippen molar-refractivity contribution in [2.45, 2.75) is 48.5 Å². The summed E-state index contributed by atoms with van der Waals surface area (Å²) in [5.74, 6) is -3.68. The van der Waals surface area contributed by atoms with E-state index in [9.17, 15) is 24.0 Å². The highest BCUT2D eigenvalue weighted by molar-refractivity contribution is 5.88. The molecule has 202 valence electrons. The molecular formula is C26H38O10. The number of hydrogen-bond donors (Lipinski definition) is 0. The van der Waals surface area contributed by atoms with Crippen molar-refractivity contribution < 1.29 is 47.7 Å². The summed E-state index contributed by atoms with van der Waals surface area (Å²) in [4.78, 5) is 61.7. The molecule has 0 spiro atoms. The second kappa shape index (κ2) is 13.0. The Balaban J connectivity index is 6.17. The van der Waals surface area contributed by atoms with Gasteiger partial charge in [-0.15, -0.1) is 0 Å². The molecule has 36 heavy (non-hydrogen) atoms. The van der Waals surface area contributed by atoms with Crippen LogP contribution < -0.4 is 0 Å². The van der Waals surface area contributed by atoms with Crippen molar-refractivity contribution in [3.8, 4) is 0 Å². The third-order valence-corrected chi connectivity index (χ3v) is 5.85. The Morgan fingerprint density at radius 3 is 1.11 bits per heavy atom. The van der Waals surface area contributed by atoms with E-state index in [0.29, 0.717) is 0 Å². The topological polar surface area (TPSA) is 132 Å². The molecule has 0 saturated carbocycles. The number of carbonyl (C=O) groups is 5. The first-order valence-corrected chi connectivity index (χ1v) is 11.1. The van der Waals surface area contributed by atoms with Gasteiger partial charge in [0.1, 0.15) is 31.8 Å². The molecular weight excluding hydrogens is 472 g/mol. The van der Waals surface area contributed by atoms with Crippen molar-refractivity contribution in [1.29, 1.82) is 0 Å². The van der Waals surface area contributed by atoms with Crippen LogP contribution in [0, 0.1) is 16.2 Å². The summed E-state index contributed by atoms with van der Waals surface area (Å²) in [5.41, 5.74) is -3.84. The number of ether oxygens (including phenoxy) is 5. The Hall–Kier alpha value is -3.43. The van der Waals surface area contributed by atoms with Crippen molar-refractivity contribution in [3.05, 3.63) is 36.5 Å². The minimum atomic E-state index is -1.50.